The number of benzene rings is 2. The summed E-state index contributed by atoms with van der Waals surface area (Å²) in [4.78, 5) is 6.16. The van der Waals surface area contributed by atoms with Crippen LogP contribution in [0.5, 0.6) is 0 Å². The molecule has 2 aromatic heterocycles. The van der Waals surface area contributed by atoms with Gasteiger partial charge in [0.05, 0.1) is 5.56 Å². The zero-order valence-electron chi connectivity index (χ0n) is 19.8. The molecule has 1 aliphatic rings. The van der Waals surface area contributed by atoms with Gasteiger partial charge in [-0.3, -0.25) is 0 Å². The molecule has 0 fully saturated rings. The van der Waals surface area contributed by atoms with Gasteiger partial charge in [-0.1, -0.05) is 51.1 Å². The van der Waals surface area contributed by atoms with E-state index in [1.54, 1.807) is 11.3 Å². The monoisotopic (exact) mass is 469 g/mol. The van der Waals surface area contributed by atoms with Crippen LogP contribution in [0.2, 0.25) is 0 Å². The van der Waals surface area contributed by atoms with E-state index in [1.165, 1.54) is 22.6 Å². The van der Waals surface area contributed by atoms with Crippen LogP contribution >= 0.6 is 11.3 Å². The van der Waals surface area contributed by atoms with Crippen LogP contribution in [0.4, 0.5) is 9.39 Å². The summed E-state index contributed by atoms with van der Waals surface area (Å²) >= 11 is 1.68. The SMILES string of the molecule is CC(C)(C)[C@H]1CCc2c(sc(N=Cc3cn(Cc4ccc(F)cc4)c4ccccc34)c2C#N)C1. The van der Waals surface area contributed by atoms with Crippen molar-refractivity contribution in [3.63, 3.8) is 0 Å². The third kappa shape index (κ3) is 4.31. The standard InChI is InChI=1S/C29H28FN3S/c1-29(2,3)21-10-13-24-25(15-31)28(34-27(24)14-21)32-16-20-18-33(26-7-5-4-6-23(20)26)17-19-8-11-22(30)12-9-19/h4-9,11-12,16,18,21H,10,13-14,17H2,1-3H3/t21-/m0/s1. The van der Waals surface area contributed by atoms with Crippen LogP contribution in [0.25, 0.3) is 10.9 Å². The van der Waals surface area contributed by atoms with Crippen molar-refractivity contribution in [3.05, 3.63) is 87.7 Å². The number of nitrogens with zero attached hydrogens (tertiary/aromatic N) is 3. The lowest BCUT2D eigenvalue weighted by molar-refractivity contribution is 0.218. The number of nitriles is 1. The molecule has 0 saturated carbocycles. The Bertz CT molecular complexity index is 1410. The minimum Gasteiger partial charge on any atom is -0.342 e. The van der Waals surface area contributed by atoms with Gasteiger partial charge in [0.25, 0.3) is 0 Å². The normalized spacial score (nSPS) is 16.1. The topological polar surface area (TPSA) is 41.1 Å². The third-order valence-corrected chi connectivity index (χ3v) is 8.15. The molecule has 34 heavy (non-hydrogen) atoms. The van der Waals surface area contributed by atoms with E-state index in [0.717, 1.165) is 51.9 Å². The Morgan fingerprint density at radius 1 is 1.18 bits per heavy atom. The van der Waals surface area contributed by atoms with Crippen LogP contribution in [0.15, 0.2) is 59.7 Å². The van der Waals surface area contributed by atoms with Gasteiger partial charge in [0.15, 0.2) is 0 Å². The average molecular weight is 470 g/mol. The second-order valence-corrected chi connectivity index (χ2v) is 11.3. The molecule has 2 aromatic carbocycles. The molecular formula is C29H28FN3S. The largest absolute Gasteiger partial charge is 0.342 e. The molecule has 0 radical (unpaired) electrons. The summed E-state index contributed by atoms with van der Waals surface area (Å²) in [5.41, 5.74) is 5.38. The van der Waals surface area contributed by atoms with Gasteiger partial charge in [-0.2, -0.15) is 5.26 Å². The van der Waals surface area contributed by atoms with Gasteiger partial charge in [0.2, 0.25) is 0 Å². The maximum absolute atomic E-state index is 13.3. The lowest BCUT2D eigenvalue weighted by Gasteiger charge is -2.33. The summed E-state index contributed by atoms with van der Waals surface area (Å²) in [6.45, 7) is 7.58. The van der Waals surface area contributed by atoms with Crippen LogP contribution in [0.3, 0.4) is 0 Å². The molecule has 1 atom stereocenters. The van der Waals surface area contributed by atoms with Gasteiger partial charge in [-0.25, -0.2) is 9.38 Å². The molecule has 0 bridgehead atoms. The molecule has 4 aromatic rings. The number of hydrogen-bond acceptors (Lipinski definition) is 3. The van der Waals surface area contributed by atoms with Gasteiger partial charge in [-0.15, -0.1) is 11.3 Å². The molecule has 0 spiro atoms. The fourth-order valence-corrected chi connectivity index (χ4v) is 6.16. The maximum Gasteiger partial charge on any atom is 0.134 e. The average Bonchev–Trinajstić information content (AvgIpc) is 3.35. The third-order valence-electron chi connectivity index (χ3n) is 6.99. The zero-order chi connectivity index (χ0) is 23.9. The number of rotatable bonds is 4. The van der Waals surface area contributed by atoms with Crippen molar-refractivity contribution in [1.82, 2.24) is 4.57 Å². The molecule has 0 aliphatic heterocycles. The van der Waals surface area contributed by atoms with Gasteiger partial charge < -0.3 is 4.57 Å². The quantitative estimate of drug-likeness (QED) is 0.283. The first-order valence-electron chi connectivity index (χ1n) is 11.7. The van der Waals surface area contributed by atoms with Crippen molar-refractivity contribution < 1.29 is 4.39 Å². The zero-order valence-corrected chi connectivity index (χ0v) is 20.6. The van der Waals surface area contributed by atoms with Crippen LogP contribution in [-0.2, 0) is 19.4 Å². The number of fused-ring (bicyclic) bond motifs is 2. The van der Waals surface area contributed by atoms with E-state index < -0.39 is 0 Å². The predicted molar refractivity (Wildman–Crippen MR) is 139 cm³/mol. The molecule has 5 heteroatoms. The van der Waals surface area contributed by atoms with Gasteiger partial charge in [-0.05, 0) is 59.9 Å². The second-order valence-electron chi connectivity index (χ2n) is 10.2. The van der Waals surface area contributed by atoms with Crippen molar-refractivity contribution in [2.24, 2.45) is 16.3 Å². The Hall–Kier alpha value is -3.23. The minimum absolute atomic E-state index is 0.227. The molecule has 172 valence electrons. The highest BCUT2D eigenvalue weighted by atomic mass is 32.1. The molecule has 0 N–H and O–H groups in total. The second kappa shape index (κ2) is 8.85. The van der Waals surface area contributed by atoms with Gasteiger partial charge in [0, 0.05) is 40.3 Å². The van der Waals surface area contributed by atoms with Crippen molar-refractivity contribution >= 4 is 33.5 Å². The molecule has 0 saturated heterocycles. The summed E-state index contributed by atoms with van der Waals surface area (Å²) in [5.74, 6) is 0.404. The molecular weight excluding hydrogens is 441 g/mol. The number of thiophene rings is 1. The lowest BCUT2D eigenvalue weighted by atomic mass is 9.72. The van der Waals surface area contributed by atoms with Crippen LogP contribution in [-0.4, -0.2) is 10.8 Å². The first-order valence-corrected chi connectivity index (χ1v) is 12.6. The highest BCUT2D eigenvalue weighted by molar-refractivity contribution is 7.16. The Labute approximate surface area is 204 Å². The van der Waals surface area contributed by atoms with Crippen molar-refractivity contribution in [3.8, 4) is 6.07 Å². The van der Waals surface area contributed by atoms with Crippen molar-refractivity contribution in [1.29, 1.82) is 5.26 Å². The molecule has 0 unspecified atom stereocenters. The molecule has 1 aliphatic carbocycles. The van der Waals surface area contributed by atoms with Crippen LogP contribution in [0.1, 0.15) is 54.3 Å². The minimum atomic E-state index is -0.227. The Morgan fingerprint density at radius 3 is 2.68 bits per heavy atom. The fraction of sp³-hybridized carbons (Fsp3) is 0.310. The van der Waals surface area contributed by atoms with Crippen LogP contribution in [0, 0.1) is 28.5 Å². The molecule has 5 rings (SSSR count). The first-order chi connectivity index (χ1) is 16.3. The number of aliphatic imine (C=N–C) groups is 1. The molecule has 0 amide bonds. The Kier molecular flexibility index (Phi) is 5.87. The van der Waals surface area contributed by atoms with E-state index in [1.807, 2.05) is 30.5 Å². The maximum atomic E-state index is 13.3. The van der Waals surface area contributed by atoms with Crippen molar-refractivity contribution in [2.75, 3.05) is 0 Å². The van der Waals surface area contributed by atoms with Crippen LogP contribution < -0.4 is 0 Å². The Morgan fingerprint density at radius 2 is 1.94 bits per heavy atom. The summed E-state index contributed by atoms with van der Waals surface area (Å²) < 4.78 is 15.5. The highest BCUT2D eigenvalue weighted by Gasteiger charge is 2.32. The van der Waals surface area contributed by atoms with E-state index in [9.17, 15) is 9.65 Å². The fourth-order valence-electron chi connectivity index (χ4n) is 4.94. The molecule has 3 nitrogen and oxygen atoms in total. The highest BCUT2D eigenvalue weighted by Crippen LogP contribution is 2.45. The summed E-state index contributed by atoms with van der Waals surface area (Å²) in [6, 6.07) is 17.3. The van der Waals surface area contributed by atoms with E-state index >= 15 is 0 Å². The lowest BCUT2D eigenvalue weighted by Crippen LogP contribution is -2.26. The number of hydrogen-bond donors (Lipinski definition) is 0. The van der Waals surface area contributed by atoms with E-state index in [2.05, 4.69) is 49.7 Å². The van der Waals surface area contributed by atoms with Gasteiger partial charge >= 0.3 is 0 Å². The van der Waals surface area contributed by atoms with Crippen molar-refractivity contribution in [2.45, 2.75) is 46.6 Å². The van der Waals surface area contributed by atoms with Gasteiger partial charge in [0.1, 0.15) is 16.9 Å². The van der Waals surface area contributed by atoms with E-state index in [4.69, 9.17) is 4.99 Å². The number of aromatic nitrogens is 1. The number of para-hydroxylation sites is 1. The number of halogens is 1. The first kappa shape index (κ1) is 22.6. The molecule has 2 heterocycles. The predicted octanol–water partition coefficient (Wildman–Crippen LogP) is 7.66. The Balaban J connectivity index is 1.48. The van der Waals surface area contributed by atoms with E-state index in [-0.39, 0.29) is 11.2 Å². The summed E-state index contributed by atoms with van der Waals surface area (Å²) in [7, 11) is 0. The smallest absolute Gasteiger partial charge is 0.134 e. The van der Waals surface area contributed by atoms with E-state index in [0.29, 0.717) is 12.5 Å². The summed E-state index contributed by atoms with van der Waals surface area (Å²) in [6.07, 6.45) is 7.10. The summed E-state index contributed by atoms with van der Waals surface area (Å²) in [5, 5.41) is 11.8.